The van der Waals surface area contributed by atoms with Crippen LogP contribution in [0.1, 0.15) is 0 Å². The molecule has 9 heavy (non-hydrogen) atoms. The smallest absolute Gasteiger partial charge is 0.0918 e. The maximum atomic E-state index is 6.50. The van der Waals surface area contributed by atoms with E-state index in [2.05, 4.69) is 9.98 Å². The van der Waals surface area contributed by atoms with Crippen LogP contribution in [0, 0.1) is 5.41 Å². The predicted octanol–water partition coefficient (Wildman–Crippen LogP) is 1.47. The van der Waals surface area contributed by atoms with Crippen molar-refractivity contribution in [3.05, 3.63) is 24.5 Å². The molecule has 0 aliphatic rings. The van der Waals surface area contributed by atoms with Crippen molar-refractivity contribution in [2.45, 2.75) is 0 Å². The van der Waals surface area contributed by atoms with E-state index in [0.717, 1.165) is 0 Å². The molecule has 0 unspecified atom stereocenters. The summed E-state index contributed by atoms with van der Waals surface area (Å²) in [6, 6.07) is 5.35. The molecule has 0 saturated carbocycles. The van der Waals surface area contributed by atoms with Gasteiger partial charge in [0.25, 0.3) is 0 Å². The van der Waals surface area contributed by atoms with Crippen LogP contribution in [-0.2, 0) is 0 Å². The third kappa shape index (κ3) is 1.48. The van der Waals surface area contributed by atoms with Crippen molar-refractivity contribution in [3.63, 3.8) is 0 Å². The fraction of sp³-hybridized carbons (Fsp3) is 0. The van der Waals surface area contributed by atoms with Crippen molar-refractivity contribution >= 4 is 11.7 Å². The van der Waals surface area contributed by atoms with Crippen molar-refractivity contribution in [3.8, 4) is 0 Å². The highest BCUT2D eigenvalue weighted by Crippen LogP contribution is 2.05. The van der Waals surface area contributed by atoms with Crippen LogP contribution in [-0.4, -0.2) is 11.0 Å². The van der Waals surface area contributed by atoms with E-state index in [1.54, 1.807) is 24.5 Å². The zero-order valence-electron chi connectivity index (χ0n) is 4.70. The average molecular weight is 119 g/mol. The minimum atomic E-state index is 0.708. The van der Waals surface area contributed by atoms with E-state index in [1.807, 2.05) is 6.01 Å². The minimum absolute atomic E-state index is 0.708. The Morgan fingerprint density at radius 2 is 2.11 bits per heavy atom. The molecule has 1 rings (SSSR count). The molecule has 0 fully saturated rings. The van der Waals surface area contributed by atoms with E-state index in [-0.39, 0.29) is 0 Å². The molecule has 0 spiro atoms. The van der Waals surface area contributed by atoms with Gasteiger partial charge in [0.2, 0.25) is 0 Å². The Bertz CT molecular complexity index is 223. The van der Waals surface area contributed by atoms with Crippen LogP contribution >= 0.6 is 0 Å². The van der Waals surface area contributed by atoms with Gasteiger partial charge in [0.15, 0.2) is 0 Å². The number of hydrogen-bond acceptors (Lipinski definition) is 3. The second-order valence-corrected chi connectivity index (χ2v) is 1.43. The molecule has 0 amide bonds. The molecule has 0 atom stereocenters. The summed E-state index contributed by atoms with van der Waals surface area (Å²) in [6.07, 6.45) is 3.24. The predicted molar refractivity (Wildman–Crippen MR) is 34.1 cm³/mol. The number of nitrogens with zero attached hydrogens (tertiary/aromatic N) is 2. The Kier molecular flexibility index (Phi) is 1.73. The first-order valence-corrected chi connectivity index (χ1v) is 2.46. The summed E-state index contributed by atoms with van der Waals surface area (Å²) in [4.78, 5) is 7.36. The molecule has 3 heteroatoms. The first-order valence-electron chi connectivity index (χ1n) is 2.46. The summed E-state index contributed by atoms with van der Waals surface area (Å²) >= 11 is 0. The first-order chi connectivity index (χ1) is 4.43. The van der Waals surface area contributed by atoms with Gasteiger partial charge in [0, 0.05) is 12.4 Å². The maximum Gasteiger partial charge on any atom is 0.0918 e. The summed E-state index contributed by atoms with van der Waals surface area (Å²) in [6.45, 7) is 0. The summed E-state index contributed by atoms with van der Waals surface area (Å²) in [5, 5.41) is 6.50. The SMILES string of the molecule is N=C=Nc1ccncc1. The monoisotopic (exact) mass is 119 g/mol. The average Bonchev–Trinajstić information content (AvgIpc) is 1.91. The molecule has 1 aromatic rings. The van der Waals surface area contributed by atoms with Gasteiger partial charge in [-0.1, -0.05) is 0 Å². The van der Waals surface area contributed by atoms with Crippen LogP contribution in [0.25, 0.3) is 0 Å². The number of nitrogens with one attached hydrogen (secondary N) is 1. The van der Waals surface area contributed by atoms with Gasteiger partial charge in [0.1, 0.15) is 0 Å². The highest BCUT2D eigenvalue weighted by Gasteiger charge is 1.80. The summed E-state index contributed by atoms with van der Waals surface area (Å²) < 4.78 is 0. The minimum Gasteiger partial charge on any atom is -0.265 e. The van der Waals surface area contributed by atoms with Crippen molar-refractivity contribution in [2.75, 3.05) is 0 Å². The molecule has 0 aromatic carbocycles. The Morgan fingerprint density at radius 3 is 2.67 bits per heavy atom. The van der Waals surface area contributed by atoms with Crippen LogP contribution < -0.4 is 0 Å². The lowest BCUT2D eigenvalue weighted by Crippen LogP contribution is -1.65. The molecule has 44 valence electrons. The second kappa shape index (κ2) is 2.74. The lowest BCUT2D eigenvalue weighted by Gasteiger charge is -1.83. The lowest BCUT2D eigenvalue weighted by atomic mass is 10.4. The van der Waals surface area contributed by atoms with Gasteiger partial charge in [-0.3, -0.25) is 4.98 Å². The third-order valence-electron chi connectivity index (χ3n) is 0.848. The fourth-order valence-electron chi connectivity index (χ4n) is 0.483. The Labute approximate surface area is 52.6 Å². The van der Waals surface area contributed by atoms with Gasteiger partial charge >= 0.3 is 0 Å². The maximum absolute atomic E-state index is 6.50. The number of aromatic nitrogens is 1. The Balaban J connectivity index is 2.97. The molecule has 0 bridgehead atoms. The van der Waals surface area contributed by atoms with E-state index in [9.17, 15) is 0 Å². The number of hydrogen-bond donors (Lipinski definition) is 1. The number of aliphatic imine (C=N–C) groups is 1. The van der Waals surface area contributed by atoms with E-state index < -0.39 is 0 Å². The van der Waals surface area contributed by atoms with E-state index in [4.69, 9.17) is 5.41 Å². The molecule has 1 aromatic heterocycles. The van der Waals surface area contributed by atoms with Gasteiger partial charge in [-0.15, -0.1) is 0 Å². The highest BCUT2D eigenvalue weighted by atomic mass is 14.7. The van der Waals surface area contributed by atoms with E-state index in [1.165, 1.54) is 0 Å². The van der Waals surface area contributed by atoms with Gasteiger partial charge in [-0.25, -0.2) is 5.41 Å². The van der Waals surface area contributed by atoms with Crippen molar-refractivity contribution in [2.24, 2.45) is 4.99 Å². The van der Waals surface area contributed by atoms with Crippen molar-refractivity contribution < 1.29 is 0 Å². The molecule has 1 N–H and O–H groups in total. The lowest BCUT2D eigenvalue weighted by molar-refractivity contribution is 1.31. The molecular weight excluding hydrogens is 114 g/mol. The standard InChI is InChI=1S/C6H5N3/c7-5-9-6-1-3-8-4-2-6/h1-4,7H. The van der Waals surface area contributed by atoms with E-state index >= 15 is 0 Å². The second-order valence-electron chi connectivity index (χ2n) is 1.43. The number of pyridine rings is 1. The molecule has 1 heterocycles. The topological polar surface area (TPSA) is 49.1 Å². The molecule has 3 nitrogen and oxygen atoms in total. The molecular formula is C6H5N3. The molecule has 0 aliphatic heterocycles. The van der Waals surface area contributed by atoms with Crippen LogP contribution in [0.3, 0.4) is 0 Å². The van der Waals surface area contributed by atoms with Gasteiger partial charge in [-0.2, -0.15) is 4.99 Å². The molecule has 0 saturated heterocycles. The zero-order chi connectivity index (χ0) is 6.53. The van der Waals surface area contributed by atoms with Crippen LogP contribution in [0.15, 0.2) is 29.5 Å². The largest absolute Gasteiger partial charge is 0.265 e. The third-order valence-corrected chi connectivity index (χ3v) is 0.848. The van der Waals surface area contributed by atoms with Crippen molar-refractivity contribution in [1.29, 1.82) is 5.41 Å². The fourth-order valence-corrected chi connectivity index (χ4v) is 0.483. The summed E-state index contributed by atoms with van der Waals surface area (Å²) in [7, 11) is 0. The van der Waals surface area contributed by atoms with Crippen molar-refractivity contribution in [1.82, 2.24) is 4.98 Å². The molecule has 0 radical (unpaired) electrons. The molecule has 0 aliphatic carbocycles. The Morgan fingerprint density at radius 1 is 1.44 bits per heavy atom. The quantitative estimate of drug-likeness (QED) is 0.559. The van der Waals surface area contributed by atoms with Crippen LogP contribution in [0.4, 0.5) is 5.69 Å². The van der Waals surface area contributed by atoms with Gasteiger partial charge in [0.05, 0.1) is 11.7 Å². The summed E-state index contributed by atoms with van der Waals surface area (Å²) in [5.74, 6) is 0. The van der Waals surface area contributed by atoms with Crippen LogP contribution in [0.2, 0.25) is 0 Å². The van der Waals surface area contributed by atoms with Gasteiger partial charge < -0.3 is 0 Å². The van der Waals surface area contributed by atoms with Crippen LogP contribution in [0.5, 0.6) is 0 Å². The Hall–Kier alpha value is -1.47. The first kappa shape index (κ1) is 5.66. The number of rotatable bonds is 1. The normalized spacial score (nSPS) is 8.00. The summed E-state index contributed by atoms with van der Waals surface area (Å²) in [5.41, 5.74) is 0.708. The zero-order valence-corrected chi connectivity index (χ0v) is 4.70. The highest BCUT2D eigenvalue weighted by molar-refractivity contribution is 5.48. The van der Waals surface area contributed by atoms with E-state index in [0.29, 0.717) is 5.69 Å². The van der Waals surface area contributed by atoms with Gasteiger partial charge in [-0.05, 0) is 12.1 Å².